The number of hydrogen-bond acceptors (Lipinski definition) is 6. The number of fused-ring (bicyclic) bond motifs is 3. The molecule has 1 fully saturated rings. The van der Waals surface area contributed by atoms with E-state index in [-0.39, 0.29) is 12.5 Å². The molecular formula is C18H19F3N6O. The lowest BCUT2D eigenvalue weighted by molar-refractivity contribution is -0.0731. The molecule has 5 rings (SSSR count). The highest BCUT2D eigenvalue weighted by Crippen LogP contribution is 2.38. The van der Waals surface area contributed by atoms with Gasteiger partial charge in [-0.15, -0.1) is 4.63 Å². The van der Waals surface area contributed by atoms with Crippen LogP contribution in [0.4, 0.5) is 13.2 Å². The summed E-state index contributed by atoms with van der Waals surface area (Å²) >= 11 is 0. The summed E-state index contributed by atoms with van der Waals surface area (Å²) in [7, 11) is 0. The molecule has 0 aromatic carbocycles. The van der Waals surface area contributed by atoms with Crippen molar-refractivity contribution < 1.29 is 17.9 Å². The fraction of sp³-hybridized carbons (Fsp3) is 0.500. The summed E-state index contributed by atoms with van der Waals surface area (Å²) in [6.07, 6.45) is 3.35. The summed E-state index contributed by atoms with van der Waals surface area (Å²) in [5.74, 6) is -3.71. The highest BCUT2D eigenvalue weighted by molar-refractivity contribution is 5.50. The summed E-state index contributed by atoms with van der Waals surface area (Å²) in [6.45, 7) is 1.63. The van der Waals surface area contributed by atoms with Gasteiger partial charge in [-0.05, 0) is 6.42 Å². The molecule has 3 unspecified atom stereocenters. The van der Waals surface area contributed by atoms with Gasteiger partial charge in [0.25, 0.3) is 0 Å². The van der Waals surface area contributed by atoms with Crippen molar-refractivity contribution in [2.75, 3.05) is 6.61 Å². The molecule has 0 amide bonds. The third-order valence-corrected chi connectivity index (χ3v) is 5.81. The second kappa shape index (κ2) is 6.64. The molecule has 2 N–H and O–H groups in total. The van der Waals surface area contributed by atoms with Crippen molar-refractivity contribution >= 4 is 5.65 Å². The van der Waals surface area contributed by atoms with E-state index >= 15 is 0 Å². The number of nitrogens with zero attached hydrogens (tertiary/aromatic N) is 5. The van der Waals surface area contributed by atoms with Crippen molar-refractivity contribution in [3.05, 3.63) is 47.2 Å². The first kappa shape index (κ1) is 17.8. The van der Waals surface area contributed by atoms with Crippen LogP contribution in [-0.4, -0.2) is 49.5 Å². The van der Waals surface area contributed by atoms with Crippen LogP contribution in [0.1, 0.15) is 24.1 Å². The van der Waals surface area contributed by atoms with Gasteiger partial charge < -0.3 is 10.5 Å². The number of ether oxygens (including phenoxy) is 1. The van der Waals surface area contributed by atoms with Crippen LogP contribution in [0, 0.1) is 5.92 Å². The van der Waals surface area contributed by atoms with Crippen LogP contribution < -0.4 is 5.73 Å². The molecule has 2 aliphatic heterocycles. The van der Waals surface area contributed by atoms with Gasteiger partial charge in [0.15, 0.2) is 11.5 Å². The van der Waals surface area contributed by atoms with Gasteiger partial charge in [-0.2, -0.15) is 10.2 Å². The van der Waals surface area contributed by atoms with E-state index in [9.17, 15) is 13.2 Å². The predicted molar refractivity (Wildman–Crippen MR) is 92.7 cm³/mol. The summed E-state index contributed by atoms with van der Waals surface area (Å²) in [6, 6.07) is -0.448. The van der Waals surface area contributed by atoms with Crippen molar-refractivity contribution in [3.8, 4) is 0 Å². The van der Waals surface area contributed by atoms with E-state index in [2.05, 4.69) is 20.1 Å². The number of aromatic nitrogens is 4. The number of hydrogen-bond donors (Lipinski definition) is 1. The third-order valence-electron chi connectivity index (χ3n) is 5.81. The Morgan fingerprint density at radius 3 is 2.86 bits per heavy atom. The first-order valence-electron chi connectivity index (χ1n) is 9.21. The molecule has 7 nitrogen and oxygen atoms in total. The van der Waals surface area contributed by atoms with Crippen molar-refractivity contribution in [2.45, 2.75) is 44.1 Å². The molecule has 0 radical (unpaired) electrons. The van der Waals surface area contributed by atoms with Crippen LogP contribution in [0.5, 0.6) is 0 Å². The number of rotatable bonds is 2. The Balaban J connectivity index is 1.27. The smallest absolute Gasteiger partial charge is 0.180 e. The Labute approximate surface area is 158 Å². The molecule has 0 spiro atoms. The highest BCUT2D eigenvalue weighted by Gasteiger charge is 2.42. The topological polar surface area (TPSA) is 81.6 Å². The second-order valence-electron chi connectivity index (χ2n) is 7.53. The zero-order valence-corrected chi connectivity index (χ0v) is 14.9. The minimum absolute atomic E-state index is 0.0323. The first-order chi connectivity index (χ1) is 13.5. The summed E-state index contributed by atoms with van der Waals surface area (Å²) in [5.41, 5.74) is 8.95. The average Bonchev–Trinajstić information content (AvgIpc) is 3.23. The zero-order valence-electron chi connectivity index (χ0n) is 14.9. The summed E-state index contributed by atoms with van der Waals surface area (Å²) < 4.78 is 48.4. The maximum Gasteiger partial charge on any atom is 0.180 e. The van der Waals surface area contributed by atoms with E-state index < -0.39 is 35.5 Å². The number of nitrogens with two attached hydrogens (primary N) is 1. The van der Waals surface area contributed by atoms with Crippen molar-refractivity contribution in [3.63, 3.8) is 0 Å². The van der Waals surface area contributed by atoms with Crippen molar-refractivity contribution in [2.24, 2.45) is 11.7 Å². The SMILES string of the molecule is NC1CC(N2Cc3nn4nccnc4c3C2)COC1[C@H]1CC(F)=C(F)C=C1F. The van der Waals surface area contributed by atoms with Crippen LogP contribution in [0.3, 0.4) is 0 Å². The number of halogens is 3. The fourth-order valence-corrected chi connectivity index (χ4v) is 4.38. The largest absolute Gasteiger partial charge is 0.374 e. The second-order valence-corrected chi connectivity index (χ2v) is 7.53. The van der Waals surface area contributed by atoms with Gasteiger partial charge in [0.05, 0.1) is 24.6 Å². The Kier molecular flexibility index (Phi) is 4.22. The minimum atomic E-state index is -1.15. The van der Waals surface area contributed by atoms with Crippen LogP contribution in [0.25, 0.3) is 5.65 Å². The summed E-state index contributed by atoms with van der Waals surface area (Å²) in [5, 5.41) is 8.61. The molecule has 1 saturated heterocycles. The van der Waals surface area contributed by atoms with Gasteiger partial charge in [0.2, 0.25) is 0 Å². The van der Waals surface area contributed by atoms with Gasteiger partial charge >= 0.3 is 0 Å². The zero-order chi connectivity index (χ0) is 19.4. The molecule has 1 aliphatic carbocycles. The monoisotopic (exact) mass is 392 g/mol. The minimum Gasteiger partial charge on any atom is -0.374 e. The van der Waals surface area contributed by atoms with Crippen LogP contribution >= 0.6 is 0 Å². The Morgan fingerprint density at radius 2 is 2.04 bits per heavy atom. The Morgan fingerprint density at radius 1 is 1.18 bits per heavy atom. The molecule has 3 aliphatic rings. The van der Waals surface area contributed by atoms with Gasteiger partial charge in [-0.3, -0.25) is 4.90 Å². The Hall–Kier alpha value is -2.30. The van der Waals surface area contributed by atoms with Crippen LogP contribution in [-0.2, 0) is 17.8 Å². The van der Waals surface area contributed by atoms with E-state index in [0.29, 0.717) is 32.2 Å². The Bertz CT molecular complexity index is 989. The van der Waals surface area contributed by atoms with E-state index in [4.69, 9.17) is 10.5 Å². The molecule has 0 bridgehead atoms. The molecule has 4 heterocycles. The lowest BCUT2D eigenvalue weighted by Gasteiger charge is -2.41. The van der Waals surface area contributed by atoms with Crippen LogP contribution in [0.15, 0.2) is 36.0 Å². The summed E-state index contributed by atoms with van der Waals surface area (Å²) in [4.78, 5) is 6.54. The molecule has 4 atom stereocenters. The average molecular weight is 392 g/mol. The molecule has 2 aromatic rings. The van der Waals surface area contributed by atoms with Gasteiger partial charge in [0, 0.05) is 55.3 Å². The van der Waals surface area contributed by atoms with Crippen molar-refractivity contribution in [1.82, 2.24) is 24.7 Å². The fourth-order valence-electron chi connectivity index (χ4n) is 4.38. The molecule has 10 heteroatoms. The van der Waals surface area contributed by atoms with Crippen LogP contribution in [0.2, 0.25) is 0 Å². The normalized spacial score (nSPS) is 31.4. The van der Waals surface area contributed by atoms with E-state index in [1.165, 1.54) is 4.63 Å². The predicted octanol–water partition coefficient (Wildman–Crippen LogP) is 1.95. The first-order valence-corrected chi connectivity index (χ1v) is 9.21. The maximum absolute atomic E-state index is 14.2. The maximum atomic E-state index is 14.2. The highest BCUT2D eigenvalue weighted by atomic mass is 19.2. The molecule has 28 heavy (non-hydrogen) atoms. The number of allylic oxidation sites excluding steroid dienone is 3. The molecule has 148 valence electrons. The molecular weight excluding hydrogens is 373 g/mol. The van der Waals surface area contributed by atoms with Crippen molar-refractivity contribution in [1.29, 1.82) is 0 Å². The molecule has 2 aromatic heterocycles. The molecule has 0 saturated carbocycles. The van der Waals surface area contributed by atoms with E-state index in [1.54, 1.807) is 12.4 Å². The van der Waals surface area contributed by atoms with E-state index in [0.717, 1.165) is 16.9 Å². The lowest BCUT2D eigenvalue weighted by Crippen LogP contribution is -2.53. The third kappa shape index (κ3) is 2.83. The lowest BCUT2D eigenvalue weighted by atomic mass is 9.84. The quantitative estimate of drug-likeness (QED) is 0.841. The van der Waals surface area contributed by atoms with Gasteiger partial charge in [-0.1, -0.05) is 0 Å². The standard InChI is InChI=1S/C18H19F3N6O/c19-12-5-14(21)13(20)4-10(12)17-15(22)3-9(8-28-17)26-6-11-16(7-26)25-27-18(11)23-1-2-24-27/h1-2,5,9-10,15,17H,3-4,6-8,22H2/t9?,10-,15?,17?/m0/s1. The van der Waals surface area contributed by atoms with E-state index in [1.807, 2.05) is 0 Å². The van der Waals surface area contributed by atoms with Gasteiger partial charge in [-0.25, -0.2) is 18.2 Å². The van der Waals surface area contributed by atoms with Gasteiger partial charge in [0.1, 0.15) is 11.7 Å².